The zero-order valence-electron chi connectivity index (χ0n) is 14.0. The van der Waals surface area contributed by atoms with Crippen molar-refractivity contribution in [3.05, 3.63) is 62.0 Å². The topological polar surface area (TPSA) is 76.1 Å². The highest BCUT2D eigenvalue weighted by Crippen LogP contribution is 2.33. The second-order valence-electron chi connectivity index (χ2n) is 6.67. The summed E-state index contributed by atoms with van der Waals surface area (Å²) in [5, 5.41) is 2.81. The van der Waals surface area contributed by atoms with E-state index in [1.165, 1.54) is 22.8 Å². The van der Waals surface area contributed by atoms with Crippen molar-refractivity contribution in [1.29, 1.82) is 0 Å². The summed E-state index contributed by atoms with van der Waals surface area (Å²) in [5.74, 6) is -0.362. The highest BCUT2D eigenvalue weighted by molar-refractivity contribution is 5.49. The van der Waals surface area contributed by atoms with Gasteiger partial charge in [-0.15, -0.1) is 0 Å². The number of ether oxygens (including phenoxy) is 1. The first-order chi connectivity index (χ1) is 12.6. The van der Waals surface area contributed by atoms with Gasteiger partial charge in [0, 0.05) is 31.2 Å². The third kappa shape index (κ3) is 2.84. The van der Waals surface area contributed by atoms with Crippen molar-refractivity contribution in [2.45, 2.75) is 37.5 Å². The quantitative estimate of drug-likeness (QED) is 0.857. The maximum Gasteiger partial charge on any atom is 0.330 e. The highest BCUT2D eigenvalue weighted by Gasteiger charge is 2.34. The summed E-state index contributed by atoms with van der Waals surface area (Å²) in [6.07, 6.45) is -0.542. The van der Waals surface area contributed by atoms with E-state index in [9.17, 15) is 18.4 Å². The molecule has 8 heteroatoms. The predicted octanol–water partition coefficient (Wildman–Crippen LogP) is 2.07. The fraction of sp³-hybridized carbons (Fsp3) is 0.444. The minimum Gasteiger partial charge on any atom is -0.381 e. The first-order valence-corrected chi connectivity index (χ1v) is 8.66. The molecule has 1 fully saturated rings. The largest absolute Gasteiger partial charge is 0.381 e. The lowest BCUT2D eigenvalue weighted by molar-refractivity contribution is 0.0673. The van der Waals surface area contributed by atoms with Crippen molar-refractivity contribution < 1.29 is 13.5 Å². The zero-order chi connectivity index (χ0) is 18.3. The van der Waals surface area contributed by atoms with E-state index < -0.39 is 29.3 Å². The summed E-state index contributed by atoms with van der Waals surface area (Å²) >= 11 is 0. The Balaban J connectivity index is 1.74. The van der Waals surface area contributed by atoms with E-state index in [1.54, 1.807) is 6.07 Å². The number of H-pyrrole nitrogens is 1. The molecule has 2 aliphatic rings. The minimum absolute atomic E-state index is 0.167. The van der Waals surface area contributed by atoms with Crippen LogP contribution in [0, 0.1) is 5.82 Å². The predicted molar refractivity (Wildman–Crippen MR) is 91.8 cm³/mol. The molecular formula is C18H19F2N3O3. The van der Waals surface area contributed by atoms with Crippen molar-refractivity contribution in [3.63, 3.8) is 0 Å². The summed E-state index contributed by atoms with van der Waals surface area (Å²) in [4.78, 5) is 27.9. The van der Waals surface area contributed by atoms with Crippen LogP contribution >= 0.6 is 0 Å². The second-order valence-corrected chi connectivity index (χ2v) is 6.67. The number of aromatic amines is 1. The number of hydrogen-bond donors (Lipinski definition) is 2. The van der Waals surface area contributed by atoms with E-state index in [-0.39, 0.29) is 29.4 Å². The van der Waals surface area contributed by atoms with Gasteiger partial charge in [0.1, 0.15) is 17.8 Å². The van der Waals surface area contributed by atoms with Crippen LogP contribution in [0.5, 0.6) is 0 Å². The lowest BCUT2D eigenvalue weighted by Crippen LogP contribution is -2.45. The van der Waals surface area contributed by atoms with Crippen LogP contribution in [0.4, 0.5) is 14.6 Å². The van der Waals surface area contributed by atoms with E-state index in [4.69, 9.17) is 4.74 Å². The molecule has 1 saturated heterocycles. The van der Waals surface area contributed by atoms with E-state index >= 15 is 0 Å². The SMILES string of the molecule is O=c1[nH]c2c(c(=O)n1C1CCOCC1)C[C@@H](F)[C@H](c1ccccc1F)N2. The van der Waals surface area contributed by atoms with Crippen LogP contribution in [0.2, 0.25) is 0 Å². The van der Waals surface area contributed by atoms with Gasteiger partial charge in [-0.2, -0.15) is 0 Å². The fourth-order valence-electron chi connectivity index (χ4n) is 3.73. The normalized spacial score (nSPS) is 23.3. The van der Waals surface area contributed by atoms with Gasteiger partial charge < -0.3 is 10.1 Å². The molecular weight excluding hydrogens is 344 g/mol. The van der Waals surface area contributed by atoms with Crippen LogP contribution in [0.25, 0.3) is 0 Å². The first-order valence-electron chi connectivity index (χ1n) is 8.66. The van der Waals surface area contributed by atoms with Gasteiger partial charge in [0.2, 0.25) is 0 Å². The summed E-state index contributed by atoms with van der Waals surface area (Å²) in [7, 11) is 0. The molecule has 2 aromatic rings. The van der Waals surface area contributed by atoms with Crippen LogP contribution in [0.15, 0.2) is 33.9 Å². The smallest absolute Gasteiger partial charge is 0.330 e. The number of benzene rings is 1. The monoisotopic (exact) mass is 363 g/mol. The van der Waals surface area contributed by atoms with Gasteiger partial charge in [-0.3, -0.25) is 14.3 Å². The Bertz CT molecular complexity index is 934. The Kier molecular flexibility index (Phi) is 4.36. The number of hydrogen-bond acceptors (Lipinski definition) is 4. The summed E-state index contributed by atoms with van der Waals surface area (Å²) in [6.45, 7) is 0.958. The fourth-order valence-corrected chi connectivity index (χ4v) is 3.73. The molecule has 0 aliphatic carbocycles. The number of nitrogens with zero attached hydrogens (tertiary/aromatic N) is 1. The number of alkyl halides is 1. The van der Waals surface area contributed by atoms with Crippen molar-refractivity contribution in [1.82, 2.24) is 9.55 Å². The van der Waals surface area contributed by atoms with E-state index in [2.05, 4.69) is 10.3 Å². The van der Waals surface area contributed by atoms with Crippen molar-refractivity contribution in [2.75, 3.05) is 18.5 Å². The van der Waals surface area contributed by atoms with Crippen LogP contribution in [-0.4, -0.2) is 28.9 Å². The first kappa shape index (κ1) is 17.0. The van der Waals surface area contributed by atoms with Gasteiger partial charge in [0.15, 0.2) is 0 Å². The molecule has 1 aromatic heterocycles. The molecule has 138 valence electrons. The summed E-state index contributed by atoms with van der Waals surface area (Å²) < 4.78 is 35.2. The van der Waals surface area contributed by atoms with E-state index in [0.717, 1.165) is 0 Å². The lowest BCUT2D eigenvalue weighted by atomic mass is 9.93. The molecule has 0 spiro atoms. The molecule has 6 nitrogen and oxygen atoms in total. The van der Waals surface area contributed by atoms with Gasteiger partial charge in [-0.05, 0) is 18.9 Å². The highest BCUT2D eigenvalue weighted by atomic mass is 19.1. The van der Waals surface area contributed by atoms with Crippen LogP contribution in [0.3, 0.4) is 0 Å². The third-order valence-corrected chi connectivity index (χ3v) is 5.09. The number of nitrogens with one attached hydrogen (secondary N) is 2. The molecule has 0 radical (unpaired) electrons. The molecule has 4 rings (SSSR count). The van der Waals surface area contributed by atoms with E-state index in [0.29, 0.717) is 26.1 Å². The van der Waals surface area contributed by atoms with Crippen LogP contribution < -0.4 is 16.6 Å². The Hall–Kier alpha value is -2.48. The minimum atomic E-state index is -1.49. The van der Waals surface area contributed by atoms with Crippen molar-refractivity contribution in [3.8, 4) is 0 Å². The average Bonchev–Trinajstić information content (AvgIpc) is 2.64. The Labute approximate surface area is 147 Å². The van der Waals surface area contributed by atoms with Crippen molar-refractivity contribution in [2.24, 2.45) is 0 Å². The molecule has 2 aliphatic heterocycles. The maximum atomic E-state index is 14.8. The number of fused-ring (bicyclic) bond motifs is 1. The van der Waals surface area contributed by atoms with Gasteiger partial charge in [0.05, 0.1) is 11.6 Å². The molecule has 0 bridgehead atoms. The molecule has 0 saturated carbocycles. The lowest BCUT2D eigenvalue weighted by Gasteiger charge is -2.31. The zero-order valence-corrected chi connectivity index (χ0v) is 14.0. The molecule has 26 heavy (non-hydrogen) atoms. The molecule has 3 heterocycles. The van der Waals surface area contributed by atoms with Crippen LogP contribution in [-0.2, 0) is 11.2 Å². The van der Waals surface area contributed by atoms with Gasteiger partial charge in [0.25, 0.3) is 5.56 Å². The van der Waals surface area contributed by atoms with Crippen LogP contribution in [0.1, 0.15) is 36.1 Å². The number of aromatic nitrogens is 2. The third-order valence-electron chi connectivity index (χ3n) is 5.09. The number of halogens is 2. The Morgan fingerprint density at radius 3 is 2.62 bits per heavy atom. The van der Waals surface area contributed by atoms with Gasteiger partial charge in [-0.1, -0.05) is 18.2 Å². The number of anilines is 1. The molecule has 1 aromatic carbocycles. The molecule has 0 unspecified atom stereocenters. The second kappa shape index (κ2) is 6.68. The van der Waals surface area contributed by atoms with Gasteiger partial charge >= 0.3 is 5.69 Å². The summed E-state index contributed by atoms with van der Waals surface area (Å²) in [5.41, 5.74) is -0.674. The molecule has 2 atom stereocenters. The average molecular weight is 363 g/mol. The van der Waals surface area contributed by atoms with Gasteiger partial charge in [-0.25, -0.2) is 13.6 Å². The maximum absolute atomic E-state index is 14.8. The molecule has 0 amide bonds. The van der Waals surface area contributed by atoms with E-state index in [1.807, 2.05) is 0 Å². The Morgan fingerprint density at radius 1 is 1.15 bits per heavy atom. The molecule has 2 N–H and O–H groups in total. The van der Waals surface area contributed by atoms with Crippen molar-refractivity contribution >= 4 is 5.82 Å². The Morgan fingerprint density at radius 2 is 1.88 bits per heavy atom. The standard InChI is InChI=1S/C18H19F2N3O3/c19-13-4-2-1-3-11(13)15-14(20)9-12-16(21-15)22-18(25)23(17(12)24)10-5-7-26-8-6-10/h1-4,10,14-15,21H,5-9H2,(H,22,25)/t14-,15+/m1/s1. The number of rotatable bonds is 2. The summed E-state index contributed by atoms with van der Waals surface area (Å²) in [6, 6.07) is 4.67.